The standard InChI is InChI=1S/C5H11FSi/c1-7-5-3-2-4-6/h2-5H2,1H3. The van der Waals surface area contributed by atoms with Crippen LogP contribution < -0.4 is 0 Å². The minimum Gasteiger partial charge on any atom is -0.251 e. The van der Waals surface area contributed by atoms with Crippen LogP contribution in [0.5, 0.6) is 0 Å². The summed E-state index contributed by atoms with van der Waals surface area (Å²) in [5.41, 5.74) is 0. The van der Waals surface area contributed by atoms with E-state index in [1.54, 1.807) is 0 Å². The number of hydrogen-bond donors (Lipinski definition) is 0. The second-order valence-corrected chi connectivity index (χ2v) is 2.71. The molecule has 0 N–H and O–H groups in total. The molecule has 0 nitrogen and oxygen atoms in total. The van der Waals surface area contributed by atoms with E-state index in [0.717, 1.165) is 22.4 Å². The normalized spacial score (nSPS) is 9.43. The van der Waals surface area contributed by atoms with Crippen molar-refractivity contribution in [1.29, 1.82) is 0 Å². The van der Waals surface area contributed by atoms with Gasteiger partial charge in [-0.15, -0.1) is 0 Å². The molecule has 0 saturated carbocycles. The third kappa shape index (κ3) is 6.15. The molecule has 2 radical (unpaired) electrons. The highest BCUT2D eigenvalue weighted by atomic mass is 28.2. The Morgan fingerprint density at radius 1 is 1.43 bits per heavy atom. The topological polar surface area (TPSA) is 0 Å². The van der Waals surface area contributed by atoms with Gasteiger partial charge >= 0.3 is 0 Å². The number of halogens is 1. The number of unbranched alkanes of at least 4 members (excludes halogenated alkanes) is 1. The van der Waals surface area contributed by atoms with Crippen LogP contribution in [0.4, 0.5) is 4.39 Å². The van der Waals surface area contributed by atoms with E-state index in [-0.39, 0.29) is 6.67 Å². The third-order valence-electron chi connectivity index (χ3n) is 0.810. The lowest BCUT2D eigenvalue weighted by Crippen LogP contribution is -1.81. The Labute approximate surface area is 46.9 Å². The van der Waals surface area contributed by atoms with Crippen LogP contribution in [0, 0.1) is 0 Å². The predicted molar refractivity (Wildman–Crippen MR) is 31.6 cm³/mol. The fraction of sp³-hybridized carbons (Fsp3) is 1.00. The van der Waals surface area contributed by atoms with Crippen LogP contribution >= 0.6 is 0 Å². The first-order valence-corrected chi connectivity index (χ1v) is 4.33. The second kappa shape index (κ2) is 6.15. The average Bonchev–Trinajstić information content (AvgIpc) is 1.69. The predicted octanol–water partition coefficient (Wildman–Crippen LogP) is 1.91. The van der Waals surface area contributed by atoms with Crippen molar-refractivity contribution in [3.05, 3.63) is 0 Å². The lowest BCUT2D eigenvalue weighted by molar-refractivity contribution is 0.469. The highest BCUT2D eigenvalue weighted by Crippen LogP contribution is 1.93. The first-order chi connectivity index (χ1) is 3.41. The van der Waals surface area contributed by atoms with Crippen molar-refractivity contribution >= 4 is 9.52 Å². The van der Waals surface area contributed by atoms with Gasteiger partial charge in [0.15, 0.2) is 0 Å². The van der Waals surface area contributed by atoms with Crippen molar-refractivity contribution in [3.63, 3.8) is 0 Å². The molecule has 0 aliphatic carbocycles. The van der Waals surface area contributed by atoms with Gasteiger partial charge in [0.25, 0.3) is 0 Å². The molecule has 0 aliphatic rings. The van der Waals surface area contributed by atoms with Gasteiger partial charge in [-0.2, -0.15) is 0 Å². The third-order valence-corrected chi connectivity index (χ3v) is 1.66. The van der Waals surface area contributed by atoms with Gasteiger partial charge in [0.05, 0.1) is 6.67 Å². The van der Waals surface area contributed by atoms with E-state index in [0.29, 0.717) is 0 Å². The highest BCUT2D eigenvalue weighted by Gasteiger charge is 1.82. The molecule has 0 atom stereocenters. The molecule has 0 heterocycles. The summed E-state index contributed by atoms with van der Waals surface area (Å²) in [7, 11) is 1.00. The van der Waals surface area contributed by atoms with Gasteiger partial charge in [0.1, 0.15) is 0 Å². The minimum atomic E-state index is -0.134. The number of rotatable bonds is 4. The lowest BCUT2D eigenvalue weighted by atomic mass is 10.4. The minimum absolute atomic E-state index is 0.134. The van der Waals surface area contributed by atoms with Crippen molar-refractivity contribution in [3.8, 4) is 0 Å². The zero-order valence-corrected chi connectivity index (χ0v) is 5.71. The molecule has 0 bridgehead atoms. The molecule has 0 amide bonds. The van der Waals surface area contributed by atoms with Gasteiger partial charge in [0, 0.05) is 9.52 Å². The summed E-state index contributed by atoms with van der Waals surface area (Å²) in [6, 6.07) is 1.21. The summed E-state index contributed by atoms with van der Waals surface area (Å²) in [6.07, 6.45) is 1.84. The molecule has 0 aromatic carbocycles. The molecule has 2 heteroatoms. The Morgan fingerprint density at radius 3 is 2.57 bits per heavy atom. The molecule has 7 heavy (non-hydrogen) atoms. The first kappa shape index (κ1) is 7.15. The maximum Gasteiger partial charge on any atom is 0.0894 e. The van der Waals surface area contributed by atoms with Crippen LogP contribution in [-0.4, -0.2) is 16.2 Å². The SMILES string of the molecule is C[Si]CCCCF. The van der Waals surface area contributed by atoms with Crippen molar-refractivity contribution < 1.29 is 4.39 Å². The number of alkyl halides is 1. The summed E-state index contributed by atoms with van der Waals surface area (Å²) in [4.78, 5) is 0. The summed E-state index contributed by atoms with van der Waals surface area (Å²) < 4.78 is 11.3. The maximum absolute atomic E-state index is 11.3. The molecule has 0 aliphatic heterocycles. The Morgan fingerprint density at radius 2 is 2.14 bits per heavy atom. The average molecular weight is 118 g/mol. The second-order valence-electron chi connectivity index (χ2n) is 1.50. The molecule has 0 aromatic heterocycles. The van der Waals surface area contributed by atoms with E-state index in [1.807, 2.05) is 0 Å². The molecular formula is C5H11FSi. The van der Waals surface area contributed by atoms with E-state index in [2.05, 4.69) is 6.55 Å². The molecule has 0 unspecified atom stereocenters. The van der Waals surface area contributed by atoms with E-state index >= 15 is 0 Å². The van der Waals surface area contributed by atoms with E-state index in [9.17, 15) is 4.39 Å². The molecule has 0 fully saturated rings. The zero-order chi connectivity index (χ0) is 5.54. The summed E-state index contributed by atoms with van der Waals surface area (Å²) in [5.74, 6) is 0. The van der Waals surface area contributed by atoms with Gasteiger partial charge in [-0.3, -0.25) is 4.39 Å². The van der Waals surface area contributed by atoms with Crippen molar-refractivity contribution in [1.82, 2.24) is 0 Å². The maximum atomic E-state index is 11.3. The van der Waals surface area contributed by atoms with Gasteiger partial charge < -0.3 is 0 Å². The fourth-order valence-corrected chi connectivity index (χ4v) is 1.000. The monoisotopic (exact) mass is 118 g/mol. The Bertz CT molecular complexity index is 27.3. The molecule has 0 spiro atoms. The molecule has 0 aromatic rings. The van der Waals surface area contributed by atoms with Crippen LogP contribution in [0.25, 0.3) is 0 Å². The van der Waals surface area contributed by atoms with E-state index in [1.165, 1.54) is 6.04 Å². The molecule has 0 rings (SSSR count). The highest BCUT2D eigenvalue weighted by molar-refractivity contribution is 6.33. The van der Waals surface area contributed by atoms with Gasteiger partial charge in [-0.25, -0.2) is 0 Å². The van der Waals surface area contributed by atoms with Crippen LogP contribution in [0.2, 0.25) is 12.6 Å². The van der Waals surface area contributed by atoms with Gasteiger partial charge in [-0.1, -0.05) is 19.0 Å². The largest absolute Gasteiger partial charge is 0.251 e. The first-order valence-electron chi connectivity index (χ1n) is 2.62. The zero-order valence-electron chi connectivity index (χ0n) is 4.71. The molecule has 42 valence electrons. The Kier molecular flexibility index (Phi) is 6.28. The van der Waals surface area contributed by atoms with E-state index in [4.69, 9.17) is 0 Å². The fourth-order valence-electron chi connectivity index (χ4n) is 0.396. The van der Waals surface area contributed by atoms with E-state index < -0.39 is 0 Å². The van der Waals surface area contributed by atoms with Crippen LogP contribution in [0.3, 0.4) is 0 Å². The summed E-state index contributed by atoms with van der Waals surface area (Å²) in [5, 5.41) is 0. The van der Waals surface area contributed by atoms with Crippen molar-refractivity contribution in [2.24, 2.45) is 0 Å². The molecule has 0 saturated heterocycles. The van der Waals surface area contributed by atoms with Crippen molar-refractivity contribution in [2.75, 3.05) is 6.67 Å². The number of hydrogen-bond acceptors (Lipinski definition) is 0. The molecular weight excluding hydrogens is 107 g/mol. The Balaban J connectivity index is 2.45. The quantitative estimate of drug-likeness (QED) is 0.391. The van der Waals surface area contributed by atoms with Crippen LogP contribution in [0.1, 0.15) is 12.8 Å². The smallest absolute Gasteiger partial charge is 0.0894 e. The summed E-state index contributed by atoms with van der Waals surface area (Å²) >= 11 is 0. The van der Waals surface area contributed by atoms with Crippen LogP contribution in [0.15, 0.2) is 0 Å². The van der Waals surface area contributed by atoms with Gasteiger partial charge in [0.2, 0.25) is 0 Å². The summed E-state index contributed by atoms with van der Waals surface area (Å²) in [6.45, 7) is 2.02. The van der Waals surface area contributed by atoms with Crippen LogP contribution in [-0.2, 0) is 0 Å². The van der Waals surface area contributed by atoms with Gasteiger partial charge in [-0.05, 0) is 6.42 Å². The van der Waals surface area contributed by atoms with Crippen molar-refractivity contribution in [2.45, 2.75) is 25.4 Å². The lowest BCUT2D eigenvalue weighted by Gasteiger charge is -1.88. The Hall–Kier alpha value is 0.147.